The first kappa shape index (κ1) is 26.9. The second-order valence-corrected chi connectivity index (χ2v) is 9.70. The Kier molecular flexibility index (Phi) is 7.30. The number of carbonyl (C=O) groups is 1. The maximum atomic E-state index is 13.8. The number of benzene rings is 1. The van der Waals surface area contributed by atoms with Gasteiger partial charge in [0.25, 0.3) is 5.91 Å². The minimum Gasteiger partial charge on any atom is -0.426 e. The monoisotopic (exact) mass is 573 g/mol. The number of nitrogens with zero attached hydrogens (tertiary/aromatic N) is 7. The summed E-state index contributed by atoms with van der Waals surface area (Å²) >= 11 is 0.531. The van der Waals surface area contributed by atoms with E-state index in [4.69, 9.17) is 9.68 Å². The van der Waals surface area contributed by atoms with Gasteiger partial charge >= 0.3 is 6.18 Å². The number of nitrogens with one attached hydrogen (secondary N) is 2. The molecule has 1 aliphatic rings. The Labute approximate surface area is 227 Å². The van der Waals surface area contributed by atoms with Gasteiger partial charge in [-0.1, -0.05) is 11.3 Å². The molecule has 0 unspecified atom stereocenters. The van der Waals surface area contributed by atoms with E-state index in [1.54, 1.807) is 18.2 Å². The Morgan fingerprint density at radius 2 is 2.15 bits per heavy atom. The maximum absolute atomic E-state index is 13.8. The predicted molar refractivity (Wildman–Crippen MR) is 133 cm³/mol. The predicted octanol–water partition coefficient (Wildman–Crippen LogP) is 4.47. The summed E-state index contributed by atoms with van der Waals surface area (Å²) in [5, 5.41) is 21.4. The van der Waals surface area contributed by atoms with Crippen LogP contribution in [-0.4, -0.2) is 37.6 Å². The molecular formula is C24H19F4N9O2S. The third kappa shape index (κ3) is 5.41. The molecule has 0 saturated carbocycles. The molecule has 16 heteroatoms. The molecule has 11 nitrogen and oxygen atoms in total. The highest BCUT2D eigenvalue weighted by Crippen LogP contribution is 2.38. The lowest BCUT2D eigenvalue weighted by Crippen LogP contribution is -2.31. The normalized spacial score (nSPS) is 13.8. The number of rotatable bonds is 7. The van der Waals surface area contributed by atoms with Gasteiger partial charge in [-0.2, -0.15) is 18.4 Å². The van der Waals surface area contributed by atoms with Gasteiger partial charge in [0.2, 0.25) is 12.3 Å². The molecule has 1 atom stereocenters. The van der Waals surface area contributed by atoms with E-state index in [1.165, 1.54) is 13.3 Å². The number of hydrogen-bond acceptors (Lipinski definition) is 11. The van der Waals surface area contributed by atoms with E-state index in [-0.39, 0.29) is 28.0 Å². The van der Waals surface area contributed by atoms with Gasteiger partial charge in [0.15, 0.2) is 10.8 Å². The molecule has 4 heterocycles. The highest BCUT2D eigenvalue weighted by molar-refractivity contribution is 7.17. The van der Waals surface area contributed by atoms with Crippen LogP contribution < -0.4 is 15.5 Å². The second-order valence-electron chi connectivity index (χ2n) is 8.70. The molecule has 0 saturated heterocycles. The number of amides is 1. The largest absolute Gasteiger partial charge is 0.435 e. The van der Waals surface area contributed by atoms with E-state index in [1.807, 2.05) is 11.0 Å². The number of halogens is 4. The fourth-order valence-electron chi connectivity index (χ4n) is 4.19. The Bertz CT molecular complexity index is 1580. The highest BCUT2D eigenvalue weighted by Gasteiger charge is 2.40. The summed E-state index contributed by atoms with van der Waals surface area (Å²) in [6.07, 6.45) is -2.15. The van der Waals surface area contributed by atoms with Crippen LogP contribution in [0.2, 0.25) is 0 Å². The van der Waals surface area contributed by atoms with Crippen molar-refractivity contribution in [2.24, 2.45) is 0 Å². The molecule has 2 N–H and O–H groups in total. The fourth-order valence-corrected chi connectivity index (χ4v) is 5.08. The summed E-state index contributed by atoms with van der Waals surface area (Å²) in [5.74, 6) is -0.699. The van der Waals surface area contributed by atoms with Gasteiger partial charge in [-0.05, 0) is 31.5 Å². The average molecular weight is 574 g/mol. The quantitative estimate of drug-likeness (QED) is 0.304. The molecule has 0 aliphatic carbocycles. The zero-order valence-corrected chi connectivity index (χ0v) is 21.5. The molecule has 0 spiro atoms. The topological polar surface area (TPSA) is 146 Å². The molecule has 0 bridgehead atoms. The first-order chi connectivity index (χ1) is 19.2. The number of nitriles is 1. The lowest BCUT2D eigenvalue weighted by molar-refractivity contribution is -0.141. The molecule has 5 rings (SSSR count). The lowest BCUT2D eigenvalue weighted by Gasteiger charge is -2.31. The minimum atomic E-state index is -4.89. The molecule has 40 heavy (non-hydrogen) atoms. The van der Waals surface area contributed by atoms with Crippen LogP contribution in [0.5, 0.6) is 0 Å². The van der Waals surface area contributed by atoms with Gasteiger partial charge < -0.3 is 20.0 Å². The van der Waals surface area contributed by atoms with Crippen molar-refractivity contribution in [3.05, 3.63) is 69.8 Å². The number of carbonyl (C=O) groups excluding carboxylic acids is 1. The van der Waals surface area contributed by atoms with E-state index in [9.17, 15) is 22.4 Å². The molecular weight excluding hydrogens is 554 g/mol. The highest BCUT2D eigenvalue weighted by atomic mass is 32.1. The standard InChI is InChI=1S/C24H19F4N9O2S/c1-12(22-36-32-11-39-22)33-21(38)18-19(24(26,27)28)34-23(40-18)35-20-16-4-5-37(9-17(16)30-10-31-20)15-3-2-13(8-29)14(6-15)7-25/h2-3,6,10-12H,4-5,7,9H2,1H3,(H,33,38)(H,30,31,34,35)/t12-/m1/s1. The van der Waals surface area contributed by atoms with Crippen LogP contribution >= 0.6 is 11.3 Å². The summed E-state index contributed by atoms with van der Waals surface area (Å²) in [5.41, 5.74) is 1.22. The van der Waals surface area contributed by atoms with E-state index in [0.717, 1.165) is 6.39 Å². The minimum absolute atomic E-state index is 0.0355. The lowest BCUT2D eigenvalue weighted by atomic mass is 10.0. The van der Waals surface area contributed by atoms with Crippen molar-refractivity contribution in [1.82, 2.24) is 30.5 Å². The van der Waals surface area contributed by atoms with Gasteiger partial charge in [0, 0.05) is 23.4 Å². The molecule has 0 radical (unpaired) electrons. The summed E-state index contributed by atoms with van der Waals surface area (Å²) in [6, 6.07) is 6.03. The van der Waals surface area contributed by atoms with Crippen LogP contribution in [0.25, 0.3) is 0 Å². The third-order valence-corrected chi connectivity index (χ3v) is 7.12. The second kappa shape index (κ2) is 10.8. The first-order valence-corrected chi connectivity index (χ1v) is 12.6. The Morgan fingerprint density at radius 3 is 2.85 bits per heavy atom. The van der Waals surface area contributed by atoms with Crippen LogP contribution in [0.1, 0.15) is 56.6 Å². The summed E-state index contributed by atoms with van der Waals surface area (Å²) < 4.78 is 59.7. The van der Waals surface area contributed by atoms with Gasteiger partial charge in [0.05, 0.1) is 23.9 Å². The Hall–Kier alpha value is -4.65. The molecule has 1 amide bonds. The van der Waals surface area contributed by atoms with Crippen molar-refractivity contribution < 1.29 is 26.8 Å². The number of thiazole rings is 1. The zero-order valence-electron chi connectivity index (χ0n) is 20.7. The van der Waals surface area contributed by atoms with Crippen molar-refractivity contribution in [2.75, 3.05) is 16.8 Å². The number of anilines is 3. The molecule has 3 aromatic heterocycles. The number of hydrogen-bond donors (Lipinski definition) is 2. The van der Waals surface area contributed by atoms with Gasteiger partial charge in [-0.15, -0.1) is 10.2 Å². The number of alkyl halides is 4. The maximum Gasteiger partial charge on any atom is 0.435 e. The summed E-state index contributed by atoms with van der Waals surface area (Å²) in [4.78, 5) is 26.2. The molecule has 206 valence electrons. The summed E-state index contributed by atoms with van der Waals surface area (Å²) in [6.45, 7) is 1.53. The van der Waals surface area contributed by atoms with E-state index < -0.39 is 35.4 Å². The zero-order chi connectivity index (χ0) is 28.4. The summed E-state index contributed by atoms with van der Waals surface area (Å²) in [7, 11) is 0. The van der Waals surface area contributed by atoms with Crippen LogP contribution in [0, 0.1) is 11.3 Å². The van der Waals surface area contributed by atoms with Crippen molar-refractivity contribution in [2.45, 2.75) is 38.8 Å². The molecule has 0 fully saturated rings. The molecule has 4 aromatic rings. The van der Waals surface area contributed by atoms with Crippen LogP contribution in [0.15, 0.2) is 35.3 Å². The van der Waals surface area contributed by atoms with Crippen LogP contribution in [-0.2, 0) is 25.8 Å². The van der Waals surface area contributed by atoms with Crippen LogP contribution in [0.4, 0.5) is 34.2 Å². The Balaban J connectivity index is 1.38. The van der Waals surface area contributed by atoms with Crippen LogP contribution in [0.3, 0.4) is 0 Å². The third-order valence-electron chi connectivity index (χ3n) is 6.15. The van der Waals surface area contributed by atoms with Crippen molar-refractivity contribution in [1.29, 1.82) is 5.26 Å². The fraction of sp³-hybridized carbons (Fsp3) is 0.292. The average Bonchev–Trinajstić information content (AvgIpc) is 3.63. The molecule has 1 aliphatic heterocycles. The van der Waals surface area contributed by atoms with Crippen molar-refractivity contribution in [3.63, 3.8) is 0 Å². The van der Waals surface area contributed by atoms with E-state index in [2.05, 4.69) is 35.8 Å². The van der Waals surface area contributed by atoms with Gasteiger partial charge in [0.1, 0.15) is 29.7 Å². The number of fused-ring (bicyclic) bond motifs is 1. The smallest absolute Gasteiger partial charge is 0.426 e. The van der Waals surface area contributed by atoms with E-state index >= 15 is 0 Å². The number of aromatic nitrogens is 5. The SMILES string of the molecule is C[C@@H](NC(=O)c1sc(Nc2ncnc3c2CCN(c2ccc(C#N)c(CF)c2)C3)nc1C(F)(F)F)c1nnco1. The van der Waals surface area contributed by atoms with Gasteiger partial charge in [-0.25, -0.2) is 19.3 Å². The first-order valence-electron chi connectivity index (χ1n) is 11.8. The van der Waals surface area contributed by atoms with Crippen molar-refractivity contribution in [3.8, 4) is 6.07 Å². The van der Waals surface area contributed by atoms with Gasteiger partial charge in [-0.3, -0.25) is 4.79 Å². The molecule has 1 aromatic carbocycles. The Morgan fingerprint density at radius 1 is 1.32 bits per heavy atom. The van der Waals surface area contributed by atoms with Crippen molar-refractivity contribution >= 4 is 33.9 Å². The van der Waals surface area contributed by atoms with E-state index in [0.29, 0.717) is 47.8 Å².